The van der Waals surface area contributed by atoms with Gasteiger partial charge in [0.05, 0.1) is 36.0 Å². The van der Waals surface area contributed by atoms with Gasteiger partial charge in [0.2, 0.25) is 0 Å². The molecule has 126 valence electrons. The average Bonchev–Trinajstić information content (AvgIpc) is 2.55. The van der Waals surface area contributed by atoms with E-state index >= 15 is 0 Å². The Bertz CT molecular complexity index is 585. The molecular formula is C15H21N3O5. The number of nitrogens with zero attached hydrogens (tertiary/aromatic N) is 2. The molecule has 0 amide bonds. The lowest BCUT2D eigenvalue weighted by Crippen LogP contribution is -2.37. The van der Waals surface area contributed by atoms with Crippen molar-refractivity contribution in [3.05, 3.63) is 27.8 Å². The minimum absolute atomic E-state index is 0.132. The first-order valence-electron chi connectivity index (χ1n) is 7.64. The molecule has 0 saturated carbocycles. The van der Waals surface area contributed by atoms with Crippen LogP contribution in [0.5, 0.6) is 0 Å². The summed E-state index contributed by atoms with van der Waals surface area (Å²) in [4.78, 5) is 25.0. The van der Waals surface area contributed by atoms with E-state index in [1.807, 2.05) is 11.8 Å². The fourth-order valence-corrected chi connectivity index (χ4v) is 2.50. The van der Waals surface area contributed by atoms with Gasteiger partial charge in [0.25, 0.3) is 5.69 Å². The summed E-state index contributed by atoms with van der Waals surface area (Å²) in [5.74, 6) is -0.555. The number of carbonyl (C=O) groups is 1. The molecule has 8 heteroatoms. The molecule has 0 spiro atoms. The second-order valence-corrected chi connectivity index (χ2v) is 4.99. The lowest BCUT2D eigenvalue weighted by atomic mass is 10.1. The molecule has 0 unspecified atom stereocenters. The van der Waals surface area contributed by atoms with Crippen molar-refractivity contribution in [3.63, 3.8) is 0 Å². The number of anilines is 2. The first-order valence-corrected chi connectivity index (χ1v) is 7.64. The highest BCUT2D eigenvalue weighted by atomic mass is 16.6. The molecule has 2 rings (SSSR count). The first kappa shape index (κ1) is 17.0. The van der Waals surface area contributed by atoms with Gasteiger partial charge in [0, 0.05) is 25.7 Å². The molecule has 1 aromatic rings. The predicted octanol–water partition coefficient (Wildman–Crippen LogP) is 2.04. The SMILES string of the molecule is CCNc1cc(N2CCOCC2)c(C(=O)OCC)cc1[N+](=O)[O-]. The summed E-state index contributed by atoms with van der Waals surface area (Å²) < 4.78 is 10.4. The van der Waals surface area contributed by atoms with Crippen LogP contribution < -0.4 is 10.2 Å². The van der Waals surface area contributed by atoms with Gasteiger partial charge in [-0.2, -0.15) is 0 Å². The highest BCUT2D eigenvalue weighted by molar-refractivity contribution is 5.98. The van der Waals surface area contributed by atoms with Gasteiger partial charge in [-0.15, -0.1) is 0 Å². The number of hydrogen-bond acceptors (Lipinski definition) is 7. The van der Waals surface area contributed by atoms with Crippen LogP contribution in [0.25, 0.3) is 0 Å². The van der Waals surface area contributed by atoms with Gasteiger partial charge in [-0.3, -0.25) is 10.1 Å². The van der Waals surface area contributed by atoms with Gasteiger partial charge in [0.1, 0.15) is 5.69 Å². The van der Waals surface area contributed by atoms with Crippen molar-refractivity contribution >= 4 is 23.0 Å². The average molecular weight is 323 g/mol. The maximum atomic E-state index is 12.2. The minimum Gasteiger partial charge on any atom is -0.462 e. The van der Waals surface area contributed by atoms with E-state index in [-0.39, 0.29) is 17.9 Å². The van der Waals surface area contributed by atoms with Crippen LogP contribution in [0, 0.1) is 10.1 Å². The smallest absolute Gasteiger partial charge is 0.340 e. The number of nitro groups is 1. The Labute approximate surface area is 134 Å². The molecule has 1 aromatic carbocycles. The zero-order chi connectivity index (χ0) is 16.8. The van der Waals surface area contributed by atoms with Crippen LogP contribution in [0.2, 0.25) is 0 Å². The summed E-state index contributed by atoms with van der Waals surface area (Å²) in [6.07, 6.45) is 0. The van der Waals surface area contributed by atoms with Crippen molar-refractivity contribution in [2.75, 3.05) is 49.7 Å². The molecule has 0 radical (unpaired) electrons. The molecule has 1 aliphatic heterocycles. The molecule has 0 atom stereocenters. The summed E-state index contributed by atoms with van der Waals surface area (Å²) in [7, 11) is 0. The van der Waals surface area contributed by atoms with E-state index in [1.54, 1.807) is 13.0 Å². The van der Waals surface area contributed by atoms with E-state index in [0.717, 1.165) is 0 Å². The monoisotopic (exact) mass is 323 g/mol. The highest BCUT2D eigenvalue weighted by Crippen LogP contribution is 2.34. The second-order valence-electron chi connectivity index (χ2n) is 4.99. The van der Waals surface area contributed by atoms with E-state index in [2.05, 4.69) is 5.32 Å². The van der Waals surface area contributed by atoms with Crippen LogP contribution >= 0.6 is 0 Å². The topological polar surface area (TPSA) is 93.9 Å². The first-order chi connectivity index (χ1) is 11.1. The van der Waals surface area contributed by atoms with E-state index in [0.29, 0.717) is 44.2 Å². The fourth-order valence-electron chi connectivity index (χ4n) is 2.50. The van der Waals surface area contributed by atoms with Crippen LogP contribution in [0.1, 0.15) is 24.2 Å². The zero-order valence-corrected chi connectivity index (χ0v) is 13.3. The number of ether oxygens (including phenoxy) is 2. The molecule has 1 N–H and O–H groups in total. The Kier molecular flexibility index (Phi) is 5.75. The molecule has 23 heavy (non-hydrogen) atoms. The van der Waals surface area contributed by atoms with Crippen molar-refractivity contribution in [3.8, 4) is 0 Å². The number of morpholine rings is 1. The van der Waals surface area contributed by atoms with Crippen molar-refractivity contribution in [2.24, 2.45) is 0 Å². The highest BCUT2D eigenvalue weighted by Gasteiger charge is 2.26. The minimum atomic E-state index is -0.555. The lowest BCUT2D eigenvalue weighted by Gasteiger charge is -2.30. The van der Waals surface area contributed by atoms with Gasteiger partial charge in [-0.05, 0) is 19.9 Å². The maximum Gasteiger partial charge on any atom is 0.340 e. The Morgan fingerprint density at radius 3 is 2.65 bits per heavy atom. The van der Waals surface area contributed by atoms with E-state index in [1.165, 1.54) is 6.07 Å². The van der Waals surface area contributed by atoms with E-state index in [9.17, 15) is 14.9 Å². The second kappa shape index (κ2) is 7.77. The fraction of sp³-hybridized carbons (Fsp3) is 0.533. The van der Waals surface area contributed by atoms with Crippen LogP contribution in [0.3, 0.4) is 0 Å². The molecule has 0 aromatic heterocycles. The number of nitro benzene ring substituents is 1. The van der Waals surface area contributed by atoms with Gasteiger partial charge in [0.15, 0.2) is 0 Å². The zero-order valence-electron chi connectivity index (χ0n) is 13.3. The molecular weight excluding hydrogens is 302 g/mol. The summed E-state index contributed by atoms with van der Waals surface area (Å²) in [5, 5.41) is 14.3. The van der Waals surface area contributed by atoms with Crippen molar-refractivity contribution < 1.29 is 19.2 Å². The quantitative estimate of drug-likeness (QED) is 0.486. The Hall–Kier alpha value is -2.35. The van der Waals surface area contributed by atoms with Gasteiger partial charge < -0.3 is 19.7 Å². The normalized spacial score (nSPS) is 14.4. The maximum absolute atomic E-state index is 12.2. The molecule has 0 bridgehead atoms. The third kappa shape index (κ3) is 3.89. The van der Waals surface area contributed by atoms with Crippen molar-refractivity contribution in [1.82, 2.24) is 0 Å². The number of hydrogen-bond donors (Lipinski definition) is 1. The van der Waals surface area contributed by atoms with Crippen molar-refractivity contribution in [2.45, 2.75) is 13.8 Å². The van der Waals surface area contributed by atoms with Crippen LogP contribution in [0.4, 0.5) is 17.1 Å². The number of nitrogens with one attached hydrogen (secondary N) is 1. The Morgan fingerprint density at radius 1 is 1.39 bits per heavy atom. The van der Waals surface area contributed by atoms with Crippen LogP contribution in [0.15, 0.2) is 12.1 Å². The van der Waals surface area contributed by atoms with Crippen LogP contribution in [-0.2, 0) is 9.47 Å². The van der Waals surface area contributed by atoms with Gasteiger partial charge >= 0.3 is 5.97 Å². The number of esters is 1. The molecule has 8 nitrogen and oxygen atoms in total. The number of benzene rings is 1. The van der Waals surface area contributed by atoms with E-state index < -0.39 is 10.9 Å². The molecule has 1 aliphatic rings. The third-order valence-corrected chi connectivity index (χ3v) is 3.53. The Balaban J connectivity index is 2.52. The van der Waals surface area contributed by atoms with E-state index in [4.69, 9.17) is 9.47 Å². The summed E-state index contributed by atoms with van der Waals surface area (Å²) in [6, 6.07) is 2.94. The lowest BCUT2D eigenvalue weighted by molar-refractivity contribution is -0.384. The largest absolute Gasteiger partial charge is 0.462 e. The Morgan fingerprint density at radius 2 is 2.09 bits per heavy atom. The molecule has 1 heterocycles. The van der Waals surface area contributed by atoms with Crippen LogP contribution in [-0.4, -0.2) is 50.3 Å². The summed E-state index contributed by atoms with van der Waals surface area (Å²) in [6.45, 7) is 6.66. The molecule has 0 aliphatic carbocycles. The molecule has 1 saturated heterocycles. The third-order valence-electron chi connectivity index (χ3n) is 3.53. The van der Waals surface area contributed by atoms with Crippen molar-refractivity contribution in [1.29, 1.82) is 0 Å². The number of rotatable bonds is 6. The number of carbonyl (C=O) groups excluding carboxylic acids is 1. The standard InChI is InChI=1S/C15H21N3O5/c1-3-16-12-10-13(17-5-7-22-8-6-17)11(15(19)23-4-2)9-14(12)18(20)21/h9-10,16H,3-8H2,1-2H3. The van der Waals surface area contributed by atoms with Gasteiger partial charge in [-0.25, -0.2) is 4.79 Å². The predicted molar refractivity (Wildman–Crippen MR) is 86.2 cm³/mol. The summed E-state index contributed by atoms with van der Waals surface area (Å²) in [5.41, 5.74) is 1.11. The molecule has 1 fully saturated rings. The van der Waals surface area contributed by atoms with Gasteiger partial charge in [-0.1, -0.05) is 0 Å². The summed E-state index contributed by atoms with van der Waals surface area (Å²) >= 11 is 0.